The first-order valence-corrected chi connectivity index (χ1v) is 9.41. The summed E-state index contributed by atoms with van der Waals surface area (Å²) in [5.74, 6) is -0.529. The fraction of sp³-hybridized carbons (Fsp3) is 0.600. The van der Waals surface area contributed by atoms with Gasteiger partial charge >= 0.3 is 5.97 Å². The first-order chi connectivity index (χ1) is 12.9. The highest BCUT2D eigenvalue weighted by Gasteiger charge is 2.56. The van der Waals surface area contributed by atoms with Crippen molar-refractivity contribution >= 4 is 11.9 Å². The number of likely N-dealkylation sites (tertiary alicyclic amines) is 1. The summed E-state index contributed by atoms with van der Waals surface area (Å²) in [7, 11) is 3.42. The van der Waals surface area contributed by atoms with Crippen LogP contribution in [0.1, 0.15) is 31.4 Å². The molecule has 3 atom stereocenters. The highest BCUT2D eigenvalue weighted by molar-refractivity contribution is 5.85. The Kier molecular flexibility index (Phi) is 5.72. The lowest BCUT2D eigenvalue weighted by Crippen LogP contribution is -2.48. The Morgan fingerprint density at radius 2 is 1.89 bits per heavy atom. The van der Waals surface area contributed by atoms with Crippen molar-refractivity contribution in [2.45, 2.75) is 31.3 Å². The van der Waals surface area contributed by atoms with Gasteiger partial charge in [0.05, 0.1) is 26.2 Å². The molecular formula is C20H28N2O5. The van der Waals surface area contributed by atoms with Crippen molar-refractivity contribution in [1.82, 2.24) is 9.80 Å². The normalized spacial score (nSPS) is 28.9. The van der Waals surface area contributed by atoms with Gasteiger partial charge in [-0.2, -0.15) is 0 Å². The van der Waals surface area contributed by atoms with Crippen molar-refractivity contribution in [3.8, 4) is 5.75 Å². The number of carbonyl (C=O) groups is 2. The number of carboxylic acids is 1. The molecule has 0 saturated carbocycles. The van der Waals surface area contributed by atoms with E-state index in [0.717, 1.165) is 11.3 Å². The number of methoxy groups -OCH3 is 1. The van der Waals surface area contributed by atoms with E-state index in [1.54, 1.807) is 7.11 Å². The number of carbonyl (C=O) groups excluding carboxylic acids is 1. The monoisotopic (exact) mass is 376 g/mol. The second-order valence-electron chi connectivity index (χ2n) is 7.27. The largest absolute Gasteiger partial charge is 0.497 e. The van der Waals surface area contributed by atoms with Crippen LogP contribution in [0, 0.1) is 5.92 Å². The van der Waals surface area contributed by atoms with Crippen LogP contribution >= 0.6 is 0 Å². The molecule has 1 aromatic rings. The van der Waals surface area contributed by atoms with Gasteiger partial charge in [-0.3, -0.25) is 14.5 Å². The lowest BCUT2D eigenvalue weighted by molar-refractivity contribution is -0.150. The fourth-order valence-electron chi connectivity index (χ4n) is 4.44. The van der Waals surface area contributed by atoms with Crippen molar-refractivity contribution < 1.29 is 24.2 Å². The second-order valence-corrected chi connectivity index (χ2v) is 7.27. The lowest BCUT2D eigenvalue weighted by atomic mass is 9.86. The van der Waals surface area contributed by atoms with Gasteiger partial charge in [0, 0.05) is 19.1 Å². The molecule has 3 rings (SSSR count). The highest BCUT2D eigenvalue weighted by Crippen LogP contribution is 2.48. The van der Waals surface area contributed by atoms with E-state index in [-0.39, 0.29) is 11.9 Å². The number of likely N-dealkylation sites (N-methyl/N-ethyl adjacent to an activating group) is 1. The minimum Gasteiger partial charge on any atom is -0.497 e. The zero-order valence-corrected chi connectivity index (χ0v) is 16.2. The van der Waals surface area contributed by atoms with Crippen LogP contribution in [0.3, 0.4) is 0 Å². The third kappa shape index (κ3) is 3.41. The molecule has 7 nitrogen and oxygen atoms in total. The number of ether oxygens (including phenoxy) is 2. The maximum atomic E-state index is 13.3. The molecule has 27 heavy (non-hydrogen) atoms. The molecule has 1 N–H and O–H groups in total. The van der Waals surface area contributed by atoms with E-state index in [2.05, 4.69) is 0 Å². The van der Waals surface area contributed by atoms with Gasteiger partial charge in [0.2, 0.25) is 5.91 Å². The molecule has 1 amide bonds. The van der Waals surface area contributed by atoms with Crippen molar-refractivity contribution in [1.29, 1.82) is 0 Å². The molecule has 0 bridgehead atoms. The molecule has 0 aliphatic carbocycles. The number of morpholine rings is 1. The third-order valence-corrected chi connectivity index (χ3v) is 6.11. The predicted octanol–water partition coefficient (Wildman–Crippen LogP) is 1.78. The molecule has 2 saturated heterocycles. The van der Waals surface area contributed by atoms with Gasteiger partial charge in [-0.15, -0.1) is 0 Å². The number of rotatable bonds is 5. The summed E-state index contributed by atoms with van der Waals surface area (Å²) in [5, 5.41) is 9.98. The zero-order valence-electron chi connectivity index (χ0n) is 16.2. The van der Waals surface area contributed by atoms with Crippen LogP contribution in [0.4, 0.5) is 0 Å². The van der Waals surface area contributed by atoms with Gasteiger partial charge in [-0.05, 0) is 37.6 Å². The average Bonchev–Trinajstić information content (AvgIpc) is 3.01. The Bertz CT molecular complexity index is 686. The van der Waals surface area contributed by atoms with E-state index < -0.39 is 17.4 Å². The maximum absolute atomic E-state index is 13.3. The van der Waals surface area contributed by atoms with E-state index >= 15 is 0 Å². The summed E-state index contributed by atoms with van der Waals surface area (Å²) in [6.45, 7) is 4.04. The molecular weight excluding hydrogens is 348 g/mol. The van der Waals surface area contributed by atoms with Crippen molar-refractivity contribution in [3.05, 3.63) is 29.8 Å². The van der Waals surface area contributed by atoms with Crippen molar-refractivity contribution in [3.63, 3.8) is 0 Å². The van der Waals surface area contributed by atoms with E-state index in [1.165, 1.54) is 0 Å². The van der Waals surface area contributed by atoms with E-state index in [0.29, 0.717) is 39.1 Å². The van der Waals surface area contributed by atoms with E-state index in [4.69, 9.17) is 9.47 Å². The number of aliphatic carboxylic acids is 1. The van der Waals surface area contributed by atoms with E-state index in [9.17, 15) is 14.7 Å². The zero-order chi connectivity index (χ0) is 19.6. The summed E-state index contributed by atoms with van der Waals surface area (Å²) in [5.41, 5.74) is -0.113. The molecule has 0 unspecified atom stereocenters. The van der Waals surface area contributed by atoms with Crippen LogP contribution in [0.25, 0.3) is 0 Å². The van der Waals surface area contributed by atoms with Crippen LogP contribution in [-0.2, 0) is 14.3 Å². The summed E-state index contributed by atoms with van der Waals surface area (Å²) in [4.78, 5) is 29.2. The molecule has 1 aromatic carbocycles. The minimum absolute atomic E-state index is 0.0162. The molecule has 148 valence electrons. The molecule has 0 radical (unpaired) electrons. The van der Waals surface area contributed by atoms with Crippen LogP contribution < -0.4 is 4.74 Å². The minimum atomic E-state index is -1.04. The van der Waals surface area contributed by atoms with Crippen LogP contribution in [0.5, 0.6) is 5.75 Å². The maximum Gasteiger partial charge on any atom is 0.324 e. The SMILES string of the molecule is CC[C@@]1(C(=O)O)C[C@H](C(=O)N2CCOCC2)[C@H](c2ccc(OC)cc2)N1C. The van der Waals surface area contributed by atoms with E-state index in [1.807, 2.05) is 48.0 Å². The number of hydrogen-bond acceptors (Lipinski definition) is 5. The van der Waals surface area contributed by atoms with Gasteiger partial charge in [0.25, 0.3) is 0 Å². The van der Waals surface area contributed by atoms with Crippen LogP contribution in [0.15, 0.2) is 24.3 Å². The predicted molar refractivity (Wildman–Crippen MR) is 99.7 cm³/mol. The molecule has 2 aliphatic rings. The second kappa shape index (κ2) is 7.86. The lowest BCUT2D eigenvalue weighted by Gasteiger charge is -2.35. The van der Waals surface area contributed by atoms with Gasteiger partial charge in [0.15, 0.2) is 0 Å². The van der Waals surface area contributed by atoms with Crippen molar-refractivity contribution in [2.75, 3.05) is 40.5 Å². The number of benzene rings is 1. The molecule has 2 fully saturated rings. The number of hydrogen-bond donors (Lipinski definition) is 1. The summed E-state index contributed by atoms with van der Waals surface area (Å²) < 4.78 is 10.6. The summed E-state index contributed by atoms with van der Waals surface area (Å²) >= 11 is 0. The first-order valence-electron chi connectivity index (χ1n) is 9.41. The quantitative estimate of drug-likeness (QED) is 0.844. The average molecular weight is 376 g/mol. The Morgan fingerprint density at radius 1 is 1.26 bits per heavy atom. The standard InChI is InChI=1S/C20H28N2O5/c1-4-20(19(24)25)13-16(18(23)22-9-11-27-12-10-22)17(21(20)2)14-5-7-15(26-3)8-6-14/h5-8,16-17H,4,9-13H2,1-3H3,(H,24,25)/t16-,17-,20-/m0/s1. The first kappa shape index (κ1) is 19.6. The van der Waals surface area contributed by atoms with Crippen molar-refractivity contribution in [2.24, 2.45) is 5.92 Å². The Hall–Kier alpha value is -2.12. The van der Waals surface area contributed by atoms with Crippen LogP contribution in [-0.4, -0.2) is 72.8 Å². The van der Waals surface area contributed by atoms with Gasteiger partial charge < -0.3 is 19.5 Å². The highest BCUT2D eigenvalue weighted by atomic mass is 16.5. The molecule has 2 aliphatic heterocycles. The Balaban J connectivity index is 1.98. The molecule has 0 aromatic heterocycles. The van der Waals surface area contributed by atoms with Gasteiger partial charge in [-0.25, -0.2) is 0 Å². The Morgan fingerprint density at radius 3 is 2.41 bits per heavy atom. The van der Waals surface area contributed by atoms with Gasteiger partial charge in [-0.1, -0.05) is 19.1 Å². The fourth-order valence-corrected chi connectivity index (χ4v) is 4.44. The van der Waals surface area contributed by atoms with Crippen LogP contribution in [0.2, 0.25) is 0 Å². The number of carboxylic acid groups (broad SMARTS) is 1. The summed E-state index contributed by atoms with van der Waals surface area (Å²) in [6.07, 6.45) is 0.751. The third-order valence-electron chi connectivity index (χ3n) is 6.11. The molecule has 2 heterocycles. The topological polar surface area (TPSA) is 79.3 Å². The molecule has 0 spiro atoms. The smallest absolute Gasteiger partial charge is 0.324 e. The molecule has 7 heteroatoms. The number of amides is 1. The Labute approximate surface area is 159 Å². The van der Waals surface area contributed by atoms with Gasteiger partial charge in [0.1, 0.15) is 11.3 Å². The number of nitrogens with zero attached hydrogens (tertiary/aromatic N) is 2. The summed E-state index contributed by atoms with van der Waals surface area (Å²) in [6, 6.07) is 7.26.